The zero-order chi connectivity index (χ0) is 15.7. The average Bonchev–Trinajstić information content (AvgIpc) is 2.32. The molecule has 0 aliphatic heterocycles. The second-order valence-electron chi connectivity index (χ2n) is 5.02. The first-order valence-electron chi connectivity index (χ1n) is 6.82. The Kier molecular flexibility index (Phi) is 8.35. The summed E-state index contributed by atoms with van der Waals surface area (Å²) in [5.41, 5.74) is 0. The molecule has 0 radical (unpaired) electrons. The molecule has 20 heavy (non-hydrogen) atoms. The van der Waals surface area contributed by atoms with Crippen LogP contribution in [-0.2, 0) is 9.59 Å². The summed E-state index contributed by atoms with van der Waals surface area (Å²) in [4.78, 5) is 35.4. The fraction of sp³-hybridized carbons (Fsp3) is 0.769. The number of carboxylic acids is 1. The highest BCUT2D eigenvalue weighted by molar-refractivity contribution is 5.84. The number of urea groups is 1. The Balaban J connectivity index is 4.26. The predicted octanol–water partition coefficient (Wildman–Crippen LogP) is 0.796. The van der Waals surface area contributed by atoms with Crippen molar-refractivity contribution in [3.8, 4) is 0 Å². The number of nitrogens with zero attached hydrogens (tertiary/aromatic N) is 1. The van der Waals surface area contributed by atoms with Gasteiger partial charge in [-0.2, -0.15) is 0 Å². The van der Waals surface area contributed by atoms with E-state index in [2.05, 4.69) is 10.6 Å². The summed E-state index contributed by atoms with van der Waals surface area (Å²) in [5, 5.41) is 14.0. The van der Waals surface area contributed by atoms with Crippen LogP contribution in [0, 0.1) is 0 Å². The van der Waals surface area contributed by atoms with Gasteiger partial charge in [0.2, 0.25) is 5.91 Å². The van der Waals surface area contributed by atoms with E-state index in [1.165, 1.54) is 4.90 Å². The molecular weight excluding hydrogens is 262 g/mol. The monoisotopic (exact) mass is 287 g/mol. The number of nitrogens with one attached hydrogen (secondary N) is 2. The minimum absolute atomic E-state index is 0.00140. The molecule has 0 rings (SSSR count). The largest absolute Gasteiger partial charge is 0.481 e. The van der Waals surface area contributed by atoms with Crippen molar-refractivity contribution < 1.29 is 19.5 Å². The van der Waals surface area contributed by atoms with E-state index in [1.807, 2.05) is 13.8 Å². The Morgan fingerprint density at radius 2 is 1.75 bits per heavy atom. The molecule has 0 aromatic carbocycles. The minimum atomic E-state index is -0.894. The predicted molar refractivity (Wildman–Crippen MR) is 75.4 cm³/mol. The van der Waals surface area contributed by atoms with Crippen LogP contribution in [0.25, 0.3) is 0 Å². The van der Waals surface area contributed by atoms with Gasteiger partial charge in [-0.1, -0.05) is 0 Å². The van der Waals surface area contributed by atoms with Crippen molar-refractivity contribution in [2.45, 2.75) is 52.6 Å². The first-order chi connectivity index (χ1) is 9.26. The lowest BCUT2D eigenvalue weighted by Crippen LogP contribution is -2.48. The smallest absolute Gasteiger partial charge is 0.318 e. The molecule has 0 aliphatic rings. The highest BCUT2D eigenvalue weighted by Gasteiger charge is 2.17. The molecule has 0 bridgehead atoms. The molecule has 116 valence electrons. The summed E-state index contributed by atoms with van der Waals surface area (Å²) in [7, 11) is 0. The van der Waals surface area contributed by atoms with E-state index < -0.39 is 5.97 Å². The van der Waals surface area contributed by atoms with E-state index >= 15 is 0 Å². The van der Waals surface area contributed by atoms with Gasteiger partial charge in [0.15, 0.2) is 0 Å². The third-order valence-electron chi connectivity index (χ3n) is 2.61. The highest BCUT2D eigenvalue weighted by atomic mass is 16.4. The Hall–Kier alpha value is -1.79. The van der Waals surface area contributed by atoms with Gasteiger partial charge in [0.05, 0.1) is 0 Å². The molecule has 0 heterocycles. The quantitative estimate of drug-likeness (QED) is 0.615. The second-order valence-corrected chi connectivity index (χ2v) is 5.02. The normalized spacial score (nSPS) is 11.8. The molecule has 7 heteroatoms. The number of aliphatic carboxylic acids is 1. The van der Waals surface area contributed by atoms with Gasteiger partial charge in [-0.3, -0.25) is 9.59 Å². The van der Waals surface area contributed by atoms with Crippen LogP contribution in [0.3, 0.4) is 0 Å². The zero-order valence-corrected chi connectivity index (χ0v) is 12.6. The number of amides is 3. The summed E-state index contributed by atoms with van der Waals surface area (Å²) < 4.78 is 0. The molecule has 1 unspecified atom stereocenters. The van der Waals surface area contributed by atoms with Crippen LogP contribution in [-0.4, -0.2) is 53.1 Å². The van der Waals surface area contributed by atoms with Crippen molar-refractivity contribution in [2.75, 3.05) is 13.1 Å². The summed E-state index contributed by atoms with van der Waals surface area (Å²) in [5.74, 6) is -1.11. The summed E-state index contributed by atoms with van der Waals surface area (Å²) >= 11 is 0. The average molecular weight is 287 g/mol. The fourth-order valence-corrected chi connectivity index (χ4v) is 1.58. The molecule has 3 amide bonds. The van der Waals surface area contributed by atoms with Crippen molar-refractivity contribution in [3.05, 3.63) is 0 Å². The number of carbonyl (C=O) groups is 3. The van der Waals surface area contributed by atoms with Gasteiger partial charge in [0.1, 0.15) is 6.54 Å². The van der Waals surface area contributed by atoms with Crippen LogP contribution in [0.4, 0.5) is 4.79 Å². The van der Waals surface area contributed by atoms with E-state index in [-0.39, 0.29) is 37.0 Å². The Bertz CT molecular complexity index is 345. The second kappa shape index (κ2) is 9.17. The number of rotatable bonds is 8. The van der Waals surface area contributed by atoms with E-state index in [4.69, 9.17) is 5.11 Å². The van der Waals surface area contributed by atoms with Gasteiger partial charge in [-0.05, 0) is 34.1 Å². The van der Waals surface area contributed by atoms with Crippen LogP contribution in [0.2, 0.25) is 0 Å². The minimum Gasteiger partial charge on any atom is -0.481 e. The standard InChI is InChI=1S/C13H25N3O4/c1-5-16(8-11(17)14-9(2)3)13(20)15-10(4)6-7-12(18)19/h9-10H,5-8H2,1-4H3,(H,14,17)(H,15,20)(H,18,19). The number of carboxylic acid groups (broad SMARTS) is 1. The van der Waals surface area contributed by atoms with Crippen LogP contribution < -0.4 is 10.6 Å². The lowest BCUT2D eigenvalue weighted by molar-refractivity contribution is -0.137. The van der Waals surface area contributed by atoms with Crippen LogP contribution >= 0.6 is 0 Å². The molecule has 7 nitrogen and oxygen atoms in total. The van der Waals surface area contributed by atoms with Crippen LogP contribution in [0.5, 0.6) is 0 Å². The molecule has 0 aliphatic carbocycles. The topological polar surface area (TPSA) is 98.7 Å². The molecule has 1 atom stereocenters. The maximum absolute atomic E-state index is 11.9. The molecule has 0 saturated heterocycles. The summed E-state index contributed by atoms with van der Waals surface area (Å²) in [6.07, 6.45) is 0.359. The molecule has 0 saturated carbocycles. The van der Waals surface area contributed by atoms with Gasteiger partial charge < -0.3 is 20.6 Å². The van der Waals surface area contributed by atoms with Crippen LogP contribution in [0.15, 0.2) is 0 Å². The Morgan fingerprint density at radius 3 is 2.20 bits per heavy atom. The first kappa shape index (κ1) is 18.2. The lowest BCUT2D eigenvalue weighted by Gasteiger charge is -2.23. The van der Waals surface area contributed by atoms with E-state index in [1.54, 1.807) is 13.8 Å². The Morgan fingerprint density at radius 1 is 1.15 bits per heavy atom. The van der Waals surface area contributed by atoms with Crippen molar-refractivity contribution in [1.29, 1.82) is 0 Å². The number of likely N-dealkylation sites (N-methyl/N-ethyl adjacent to an activating group) is 1. The zero-order valence-electron chi connectivity index (χ0n) is 12.6. The SMILES string of the molecule is CCN(CC(=O)NC(C)C)C(=O)NC(C)CCC(=O)O. The Labute approximate surface area is 119 Å². The lowest BCUT2D eigenvalue weighted by atomic mass is 10.2. The van der Waals surface area contributed by atoms with Crippen molar-refractivity contribution in [2.24, 2.45) is 0 Å². The van der Waals surface area contributed by atoms with Crippen molar-refractivity contribution >= 4 is 17.9 Å². The molecule has 0 aromatic rings. The van der Waals surface area contributed by atoms with E-state index in [0.717, 1.165) is 0 Å². The molecule has 0 aromatic heterocycles. The van der Waals surface area contributed by atoms with E-state index in [9.17, 15) is 14.4 Å². The van der Waals surface area contributed by atoms with Crippen molar-refractivity contribution in [3.63, 3.8) is 0 Å². The third-order valence-corrected chi connectivity index (χ3v) is 2.61. The van der Waals surface area contributed by atoms with Gasteiger partial charge in [0, 0.05) is 25.0 Å². The maximum Gasteiger partial charge on any atom is 0.318 e. The molecular formula is C13H25N3O4. The van der Waals surface area contributed by atoms with Gasteiger partial charge in [-0.15, -0.1) is 0 Å². The molecule has 0 fully saturated rings. The number of hydrogen-bond acceptors (Lipinski definition) is 3. The maximum atomic E-state index is 11.9. The summed E-state index contributed by atoms with van der Waals surface area (Å²) in [6, 6.07) is -0.580. The van der Waals surface area contributed by atoms with Gasteiger partial charge >= 0.3 is 12.0 Å². The first-order valence-corrected chi connectivity index (χ1v) is 6.82. The fourth-order valence-electron chi connectivity index (χ4n) is 1.58. The van der Waals surface area contributed by atoms with Gasteiger partial charge in [-0.25, -0.2) is 4.79 Å². The van der Waals surface area contributed by atoms with E-state index in [0.29, 0.717) is 13.0 Å². The number of hydrogen-bond donors (Lipinski definition) is 3. The highest BCUT2D eigenvalue weighted by Crippen LogP contribution is 1.98. The van der Waals surface area contributed by atoms with Gasteiger partial charge in [0.25, 0.3) is 0 Å². The molecule has 0 spiro atoms. The third kappa shape index (κ3) is 8.34. The molecule has 3 N–H and O–H groups in total. The summed E-state index contributed by atoms with van der Waals surface area (Å²) in [6.45, 7) is 7.62. The van der Waals surface area contributed by atoms with Crippen LogP contribution in [0.1, 0.15) is 40.5 Å². The number of carbonyl (C=O) groups excluding carboxylic acids is 2. The van der Waals surface area contributed by atoms with Crippen molar-refractivity contribution in [1.82, 2.24) is 15.5 Å².